The first-order chi connectivity index (χ1) is 16.0. The van der Waals surface area contributed by atoms with Gasteiger partial charge in [-0.25, -0.2) is 4.79 Å². The standard InChI is InChI=1S/C23H33N5O5/c1-32-20-3-2-17(16-19(20)28-11-6-21(29)25-23(28)31)22(30)27-9-4-18(5-10-27)33-15-14-26-12-7-24-8-13-26/h2-3,16,18,24H,4-15H2,1H3,(H,25,29,31). The highest BCUT2D eigenvalue weighted by molar-refractivity contribution is 6.07. The highest BCUT2D eigenvalue weighted by atomic mass is 16.5. The van der Waals surface area contributed by atoms with Gasteiger partial charge in [0.2, 0.25) is 5.91 Å². The number of anilines is 1. The van der Waals surface area contributed by atoms with Crippen molar-refractivity contribution < 1.29 is 23.9 Å². The van der Waals surface area contributed by atoms with Gasteiger partial charge in [-0.3, -0.25) is 24.7 Å². The number of imide groups is 1. The van der Waals surface area contributed by atoms with Crippen LogP contribution in [0.2, 0.25) is 0 Å². The number of benzene rings is 1. The van der Waals surface area contributed by atoms with E-state index in [1.807, 2.05) is 4.90 Å². The number of likely N-dealkylation sites (tertiary alicyclic amines) is 1. The molecule has 3 aliphatic rings. The van der Waals surface area contributed by atoms with E-state index in [-0.39, 0.29) is 30.9 Å². The molecule has 180 valence electrons. The molecule has 33 heavy (non-hydrogen) atoms. The third-order valence-corrected chi connectivity index (χ3v) is 6.47. The molecule has 0 spiro atoms. The monoisotopic (exact) mass is 459 g/mol. The Kier molecular flexibility index (Phi) is 7.79. The SMILES string of the molecule is COc1ccc(C(=O)N2CCC(OCCN3CCNCC3)CC2)cc1N1CCC(=O)NC1=O. The zero-order valence-corrected chi connectivity index (χ0v) is 19.2. The van der Waals surface area contributed by atoms with Gasteiger partial charge in [-0.15, -0.1) is 0 Å². The first-order valence-electron chi connectivity index (χ1n) is 11.7. The molecule has 0 bridgehead atoms. The van der Waals surface area contributed by atoms with E-state index in [9.17, 15) is 14.4 Å². The van der Waals surface area contributed by atoms with Crippen LogP contribution in [-0.4, -0.2) is 99.8 Å². The highest BCUT2D eigenvalue weighted by Crippen LogP contribution is 2.31. The van der Waals surface area contributed by atoms with Gasteiger partial charge in [0.05, 0.1) is 25.5 Å². The van der Waals surface area contributed by atoms with Crippen molar-refractivity contribution in [2.45, 2.75) is 25.4 Å². The van der Waals surface area contributed by atoms with Crippen molar-refractivity contribution in [1.82, 2.24) is 20.4 Å². The van der Waals surface area contributed by atoms with Crippen molar-refractivity contribution in [3.63, 3.8) is 0 Å². The summed E-state index contributed by atoms with van der Waals surface area (Å²) >= 11 is 0. The fourth-order valence-corrected chi connectivity index (χ4v) is 4.52. The minimum Gasteiger partial charge on any atom is -0.495 e. The maximum Gasteiger partial charge on any atom is 0.328 e. The minimum atomic E-state index is -0.507. The smallest absolute Gasteiger partial charge is 0.328 e. The van der Waals surface area contributed by atoms with Crippen molar-refractivity contribution in [2.75, 3.05) is 71.0 Å². The lowest BCUT2D eigenvalue weighted by atomic mass is 10.1. The van der Waals surface area contributed by atoms with Gasteiger partial charge >= 0.3 is 6.03 Å². The summed E-state index contributed by atoms with van der Waals surface area (Å²) in [5.74, 6) is 0.0970. The average Bonchev–Trinajstić information content (AvgIpc) is 2.84. The molecule has 3 saturated heterocycles. The van der Waals surface area contributed by atoms with Crippen molar-refractivity contribution in [3.05, 3.63) is 23.8 Å². The summed E-state index contributed by atoms with van der Waals surface area (Å²) in [6.07, 6.45) is 2.01. The topological polar surface area (TPSA) is 103 Å². The summed E-state index contributed by atoms with van der Waals surface area (Å²) < 4.78 is 11.5. The van der Waals surface area contributed by atoms with Crippen LogP contribution in [-0.2, 0) is 9.53 Å². The number of urea groups is 1. The Bertz CT molecular complexity index is 865. The number of carbonyl (C=O) groups is 3. The molecule has 0 aliphatic carbocycles. The normalized spacial score (nSPS) is 20.6. The highest BCUT2D eigenvalue weighted by Gasteiger charge is 2.29. The third kappa shape index (κ3) is 5.82. The number of hydrogen-bond acceptors (Lipinski definition) is 7. The molecule has 0 saturated carbocycles. The van der Waals surface area contributed by atoms with Crippen LogP contribution in [0.15, 0.2) is 18.2 Å². The van der Waals surface area contributed by atoms with Gasteiger partial charge in [-0.1, -0.05) is 0 Å². The van der Waals surface area contributed by atoms with E-state index in [0.29, 0.717) is 30.1 Å². The van der Waals surface area contributed by atoms with Gasteiger partial charge in [-0.2, -0.15) is 0 Å². The van der Waals surface area contributed by atoms with Crippen LogP contribution in [0.3, 0.4) is 0 Å². The zero-order valence-electron chi connectivity index (χ0n) is 19.2. The maximum absolute atomic E-state index is 13.2. The van der Waals surface area contributed by atoms with Gasteiger partial charge in [0.25, 0.3) is 5.91 Å². The molecule has 0 aromatic heterocycles. The van der Waals surface area contributed by atoms with Gasteiger partial charge < -0.3 is 19.7 Å². The van der Waals surface area contributed by atoms with Crippen molar-refractivity contribution in [1.29, 1.82) is 0 Å². The lowest BCUT2D eigenvalue weighted by Gasteiger charge is -2.33. The van der Waals surface area contributed by atoms with Gasteiger partial charge in [0.15, 0.2) is 0 Å². The molecule has 3 fully saturated rings. The quantitative estimate of drug-likeness (QED) is 0.618. The average molecular weight is 460 g/mol. The van der Waals surface area contributed by atoms with Crippen molar-refractivity contribution in [2.24, 2.45) is 0 Å². The summed E-state index contributed by atoms with van der Waals surface area (Å²) in [7, 11) is 1.51. The lowest BCUT2D eigenvalue weighted by Crippen LogP contribution is -2.49. The molecule has 0 unspecified atom stereocenters. The molecule has 10 heteroatoms. The maximum atomic E-state index is 13.2. The van der Waals surface area contributed by atoms with Crippen LogP contribution < -0.4 is 20.3 Å². The number of carbonyl (C=O) groups excluding carboxylic acids is 3. The van der Waals surface area contributed by atoms with Crippen LogP contribution >= 0.6 is 0 Å². The first kappa shape index (κ1) is 23.5. The van der Waals surface area contributed by atoms with E-state index < -0.39 is 6.03 Å². The number of nitrogens with one attached hydrogen (secondary N) is 2. The van der Waals surface area contributed by atoms with Gasteiger partial charge in [0, 0.05) is 64.3 Å². The molecular weight excluding hydrogens is 426 g/mol. The summed E-state index contributed by atoms with van der Waals surface area (Å²) in [5, 5.41) is 5.66. The van der Waals surface area contributed by atoms with Gasteiger partial charge in [0.1, 0.15) is 5.75 Å². The molecule has 4 amide bonds. The second-order valence-corrected chi connectivity index (χ2v) is 8.60. The van der Waals surface area contributed by atoms with E-state index in [0.717, 1.165) is 52.2 Å². The summed E-state index contributed by atoms with van der Waals surface area (Å²) in [5.41, 5.74) is 0.980. The number of amides is 4. The Morgan fingerprint density at radius 3 is 2.55 bits per heavy atom. The summed E-state index contributed by atoms with van der Waals surface area (Å²) in [6, 6.07) is 4.58. The van der Waals surface area contributed by atoms with E-state index in [1.54, 1.807) is 18.2 Å². The molecule has 0 atom stereocenters. The lowest BCUT2D eigenvalue weighted by molar-refractivity contribution is -0.120. The number of piperazine rings is 1. The molecule has 10 nitrogen and oxygen atoms in total. The largest absolute Gasteiger partial charge is 0.495 e. The number of hydrogen-bond donors (Lipinski definition) is 2. The van der Waals surface area contributed by atoms with Crippen molar-refractivity contribution in [3.8, 4) is 5.75 Å². The zero-order chi connectivity index (χ0) is 23.2. The summed E-state index contributed by atoms with van der Waals surface area (Å²) in [6.45, 7) is 7.39. The number of ether oxygens (including phenoxy) is 2. The Morgan fingerprint density at radius 1 is 1.09 bits per heavy atom. The van der Waals surface area contributed by atoms with E-state index in [2.05, 4.69) is 15.5 Å². The fraction of sp³-hybridized carbons (Fsp3) is 0.609. The van der Waals surface area contributed by atoms with Crippen LogP contribution in [0.1, 0.15) is 29.6 Å². The molecule has 2 N–H and O–H groups in total. The van der Waals surface area contributed by atoms with Crippen LogP contribution in [0.5, 0.6) is 5.75 Å². The first-order valence-corrected chi connectivity index (χ1v) is 11.7. The molecular formula is C23H33N5O5. The molecule has 3 heterocycles. The third-order valence-electron chi connectivity index (χ3n) is 6.47. The van der Waals surface area contributed by atoms with E-state index in [1.165, 1.54) is 12.0 Å². The van der Waals surface area contributed by atoms with Gasteiger partial charge in [-0.05, 0) is 31.0 Å². The Labute approximate surface area is 194 Å². The molecule has 1 aromatic rings. The Morgan fingerprint density at radius 2 is 1.85 bits per heavy atom. The van der Waals surface area contributed by atoms with Crippen LogP contribution in [0.25, 0.3) is 0 Å². The number of rotatable bonds is 7. The van der Waals surface area contributed by atoms with E-state index >= 15 is 0 Å². The second-order valence-electron chi connectivity index (χ2n) is 8.60. The predicted octanol–water partition coefficient (Wildman–Crippen LogP) is 0.668. The molecule has 3 aliphatic heterocycles. The Hall–Kier alpha value is -2.69. The number of piperidine rings is 1. The predicted molar refractivity (Wildman–Crippen MR) is 123 cm³/mol. The second kappa shape index (κ2) is 11.0. The van der Waals surface area contributed by atoms with Crippen molar-refractivity contribution >= 4 is 23.5 Å². The fourth-order valence-electron chi connectivity index (χ4n) is 4.52. The number of nitrogens with zero attached hydrogens (tertiary/aromatic N) is 3. The number of methoxy groups -OCH3 is 1. The van der Waals surface area contributed by atoms with Crippen LogP contribution in [0.4, 0.5) is 10.5 Å². The molecule has 0 radical (unpaired) electrons. The minimum absolute atomic E-state index is 0.0772. The molecule has 4 rings (SSSR count). The summed E-state index contributed by atoms with van der Waals surface area (Å²) in [4.78, 5) is 42.6. The Balaban J connectivity index is 1.32. The van der Waals surface area contributed by atoms with Crippen LogP contribution in [0, 0.1) is 0 Å². The molecule has 1 aromatic carbocycles. The van der Waals surface area contributed by atoms with E-state index in [4.69, 9.17) is 9.47 Å².